The first-order valence-corrected chi connectivity index (χ1v) is 10.2. The lowest BCUT2D eigenvalue weighted by Gasteiger charge is -2.31. The van der Waals surface area contributed by atoms with E-state index in [9.17, 15) is 9.59 Å². The minimum atomic E-state index is -0.697. The van der Waals surface area contributed by atoms with Crippen molar-refractivity contribution >= 4 is 23.6 Å². The molecule has 1 unspecified atom stereocenters. The Morgan fingerprint density at radius 3 is 2.64 bits per heavy atom. The number of halogens is 1. The summed E-state index contributed by atoms with van der Waals surface area (Å²) in [6.45, 7) is 8.18. The smallest absolute Gasteiger partial charge is 0.338 e. The highest BCUT2D eigenvalue weighted by Crippen LogP contribution is 2.36. The summed E-state index contributed by atoms with van der Waals surface area (Å²) in [5.74, 6) is 0.128. The molecule has 2 amide bonds. The van der Waals surface area contributed by atoms with Gasteiger partial charge in [0, 0.05) is 16.3 Å². The second-order valence-electron chi connectivity index (χ2n) is 7.01. The van der Waals surface area contributed by atoms with Crippen LogP contribution in [-0.2, 0) is 9.53 Å². The van der Waals surface area contributed by atoms with Crippen molar-refractivity contribution < 1.29 is 19.1 Å². The number of allylic oxidation sites excluding steroid dienone is 1. The quantitative estimate of drug-likeness (QED) is 0.571. The van der Waals surface area contributed by atoms with Gasteiger partial charge in [-0.05, 0) is 51.3 Å². The zero-order valence-corrected chi connectivity index (χ0v) is 17.7. The van der Waals surface area contributed by atoms with Crippen molar-refractivity contribution in [1.82, 2.24) is 10.6 Å². The third kappa shape index (κ3) is 5.64. The number of esters is 1. The molecule has 0 saturated carbocycles. The van der Waals surface area contributed by atoms with Crippen LogP contribution in [0.15, 0.2) is 29.5 Å². The van der Waals surface area contributed by atoms with Crippen molar-refractivity contribution in [1.29, 1.82) is 0 Å². The van der Waals surface area contributed by atoms with E-state index < -0.39 is 12.0 Å². The molecule has 0 spiro atoms. The number of urea groups is 1. The van der Waals surface area contributed by atoms with Gasteiger partial charge in [-0.2, -0.15) is 0 Å². The van der Waals surface area contributed by atoms with Crippen LogP contribution < -0.4 is 15.4 Å². The normalized spacial score (nSPS) is 16.6. The Morgan fingerprint density at radius 2 is 2.00 bits per heavy atom. The molecule has 0 aromatic heterocycles. The average Bonchev–Trinajstić information content (AvgIpc) is 2.64. The summed E-state index contributed by atoms with van der Waals surface area (Å²) < 4.78 is 11.3. The third-order valence-electron chi connectivity index (χ3n) is 4.24. The molecule has 0 saturated heterocycles. The van der Waals surface area contributed by atoms with Crippen LogP contribution >= 0.6 is 11.6 Å². The number of carbonyl (C=O) groups excluding carboxylic acids is 2. The molecule has 154 valence electrons. The van der Waals surface area contributed by atoms with E-state index in [-0.39, 0.29) is 12.1 Å². The Morgan fingerprint density at radius 1 is 1.25 bits per heavy atom. The number of ether oxygens (including phenoxy) is 2. The molecule has 28 heavy (non-hydrogen) atoms. The summed E-state index contributed by atoms with van der Waals surface area (Å²) >= 11 is 6.22. The number of rotatable bonds is 9. The minimum absolute atomic E-state index is 0.277. The van der Waals surface area contributed by atoms with Crippen molar-refractivity contribution in [2.75, 3.05) is 6.61 Å². The Kier molecular flexibility index (Phi) is 8.18. The molecular weight excluding hydrogens is 380 g/mol. The van der Waals surface area contributed by atoms with E-state index in [1.807, 2.05) is 6.92 Å². The van der Waals surface area contributed by atoms with Crippen molar-refractivity contribution in [3.05, 3.63) is 40.1 Å². The largest absolute Gasteiger partial charge is 0.493 e. The number of carbonyl (C=O) groups is 2. The fourth-order valence-electron chi connectivity index (χ4n) is 3.01. The number of unbranched alkanes of at least 4 members (excludes halogenated alkanes) is 1. The van der Waals surface area contributed by atoms with Gasteiger partial charge in [0.05, 0.1) is 24.3 Å². The summed E-state index contributed by atoms with van der Waals surface area (Å²) in [6, 6.07) is 4.16. The molecule has 2 rings (SSSR count). The molecule has 1 aromatic carbocycles. The first-order valence-electron chi connectivity index (χ1n) is 9.81. The minimum Gasteiger partial charge on any atom is -0.493 e. The van der Waals surface area contributed by atoms with Crippen molar-refractivity contribution in [2.45, 2.75) is 65.5 Å². The molecule has 7 heteroatoms. The highest BCUT2D eigenvalue weighted by atomic mass is 35.5. The molecule has 6 nitrogen and oxygen atoms in total. The van der Waals surface area contributed by atoms with Crippen LogP contribution in [0.3, 0.4) is 0 Å². The number of amides is 2. The molecule has 0 bridgehead atoms. The van der Waals surface area contributed by atoms with Crippen LogP contribution in [0.5, 0.6) is 5.75 Å². The fraction of sp³-hybridized carbons (Fsp3) is 0.524. The highest BCUT2D eigenvalue weighted by molar-refractivity contribution is 6.30. The lowest BCUT2D eigenvalue weighted by Crippen LogP contribution is -2.46. The van der Waals surface area contributed by atoms with Crippen LogP contribution in [0, 0.1) is 0 Å². The maximum Gasteiger partial charge on any atom is 0.338 e. The van der Waals surface area contributed by atoms with Gasteiger partial charge in [-0.3, -0.25) is 0 Å². The molecule has 0 radical (unpaired) electrons. The second-order valence-corrected chi connectivity index (χ2v) is 7.45. The van der Waals surface area contributed by atoms with Gasteiger partial charge in [0.2, 0.25) is 0 Å². The van der Waals surface area contributed by atoms with Gasteiger partial charge in [-0.1, -0.05) is 31.9 Å². The first-order chi connectivity index (χ1) is 13.4. The van der Waals surface area contributed by atoms with E-state index in [1.165, 1.54) is 0 Å². The zero-order chi connectivity index (χ0) is 20.7. The Bertz CT molecular complexity index is 746. The maximum atomic E-state index is 12.9. The van der Waals surface area contributed by atoms with E-state index in [2.05, 4.69) is 17.6 Å². The summed E-state index contributed by atoms with van der Waals surface area (Å²) in [7, 11) is 0. The lowest BCUT2D eigenvalue weighted by molar-refractivity contribution is -0.143. The van der Waals surface area contributed by atoms with Gasteiger partial charge in [0.1, 0.15) is 5.75 Å². The van der Waals surface area contributed by atoms with Crippen molar-refractivity contribution in [3.8, 4) is 5.75 Å². The fourth-order valence-corrected chi connectivity index (χ4v) is 3.19. The first kappa shape index (κ1) is 22.1. The molecule has 0 aliphatic carbocycles. The summed E-state index contributed by atoms with van der Waals surface area (Å²) in [5.41, 5.74) is 1.62. The number of hydrogen-bond acceptors (Lipinski definition) is 4. The van der Waals surface area contributed by atoms with Gasteiger partial charge < -0.3 is 20.1 Å². The zero-order valence-electron chi connectivity index (χ0n) is 16.9. The number of hydrogen-bond donors (Lipinski definition) is 2. The van der Waals surface area contributed by atoms with Crippen molar-refractivity contribution in [3.63, 3.8) is 0 Å². The molecule has 1 atom stereocenters. The molecule has 0 fully saturated rings. The molecule has 1 aromatic rings. The lowest BCUT2D eigenvalue weighted by atomic mass is 9.93. The predicted molar refractivity (Wildman–Crippen MR) is 109 cm³/mol. The van der Waals surface area contributed by atoms with Crippen molar-refractivity contribution in [2.24, 2.45) is 0 Å². The van der Waals surface area contributed by atoms with E-state index in [4.69, 9.17) is 21.1 Å². The van der Waals surface area contributed by atoms with Gasteiger partial charge in [0.25, 0.3) is 0 Å². The average molecular weight is 409 g/mol. The van der Waals surface area contributed by atoms with E-state index in [0.29, 0.717) is 40.6 Å². The van der Waals surface area contributed by atoms with Crippen LogP contribution in [0.1, 0.15) is 65.0 Å². The molecule has 1 aliphatic rings. The monoisotopic (exact) mass is 408 g/mol. The van der Waals surface area contributed by atoms with Crippen LogP contribution in [0.2, 0.25) is 5.02 Å². The molecule has 1 heterocycles. The van der Waals surface area contributed by atoms with Gasteiger partial charge in [0.15, 0.2) is 0 Å². The second kappa shape index (κ2) is 10.4. The van der Waals surface area contributed by atoms with Gasteiger partial charge >= 0.3 is 12.0 Å². The number of nitrogens with one attached hydrogen (secondary N) is 2. The Hall–Kier alpha value is -2.21. The van der Waals surface area contributed by atoms with Gasteiger partial charge in [-0.25, -0.2) is 9.59 Å². The summed E-state index contributed by atoms with van der Waals surface area (Å²) in [6.07, 6.45) is 2.91. The molecule has 1 aliphatic heterocycles. The molecular formula is C21H29ClN2O4. The van der Waals surface area contributed by atoms with Crippen LogP contribution in [0.4, 0.5) is 4.79 Å². The summed E-state index contributed by atoms with van der Waals surface area (Å²) in [5, 5.41) is 6.13. The highest BCUT2D eigenvalue weighted by Gasteiger charge is 2.35. The Labute approximate surface area is 171 Å². The van der Waals surface area contributed by atoms with Gasteiger partial charge in [-0.15, -0.1) is 0 Å². The Balaban J connectivity index is 2.56. The molecule has 2 N–H and O–H groups in total. The third-order valence-corrected chi connectivity index (χ3v) is 4.48. The SMILES string of the molecule is CCCCC1=C(C(=O)OC(C)C)C(c2cc(Cl)ccc2OCCC)NC(=O)N1. The summed E-state index contributed by atoms with van der Waals surface area (Å²) in [4.78, 5) is 25.3. The topological polar surface area (TPSA) is 76.7 Å². The van der Waals surface area contributed by atoms with E-state index >= 15 is 0 Å². The predicted octanol–water partition coefficient (Wildman–Crippen LogP) is 4.88. The van der Waals surface area contributed by atoms with E-state index in [0.717, 1.165) is 19.3 Å². The van der Waals surface area contributed by atoms with E-state index in [1.54, 1.807) is 32.0 Å². The standard InChI is InChI=1S/C21H29ClN2O4/c1-5-7-8-16-18(20(25)28-13(3)4)19(24-21(26)23-16)15-12-14(22)9-10-17(15)27-11-6-2/h9-10,12-13,19H,5-8,11H2,1-4H3,(H2,23,24,26). The van der Waals surface area contributed by atoms with Crippen LogP contribution in [-0.4, -0.2) is 24.7 Å². The maximum absolute atomic E-state index is 12.9. The van der Waals surface area contributed by atoms with Crippen LogP contribution in [0.25, 0.3) is 0 Å². The number of benzene rings is 1.